The van der Waals surface area contributed by atoms with Gasteiger partial charge in [-0.25, -0.2) is 0 Å². The molecule has 1 aliphatic heterocycles. The standard InChI is InChI=1S/C15H22NS/c1-3-17-13(2)14-8-7-9-15(12-14)16-10-5-4-6-11-16/h7-9,12-13H,1,3-6,10-11H2,2H3. The topological polar surface area (TPSA) is 3.24 Å². The van der Waals surface area contributed by atoms with E-state index in [0.717, 1.165) is 5.75 Å². The quantitative estimate of drug-likeness (QED) is 0.781. The molecule has 0 saturated carbocycles. The Balaban J connectivity index is 2.09. The Bertz CT molecular complexity index is 345. The second kappa shape index (κ2) is 6.34. The van der Waals surface area contributed by atoms with E-state index in [1.165, 1.54) is 43.6 Å². The summed E-state index contributed by atoms with van der Waals surface area (Å²) in [4.78, 5) is 2.52. The molecule has 1 aromatic rings. The Morgan fingerprint density at radius 2 is 2.06 bits per heavy atom. The van der Waals surface area contributed by atoms with Gasteiger partial charge in [0.1, 0.15) is 0 Å². The number of anilines is 1. The first-order chi connectivity index (χ1) is 8.31. The zero-order valence-corrected chi connectivity index (χ0v) is 11.5. The van der Waals surface area contributed by atoms with Gasteiger partial charge in [-0.1, -0.05) is 12.1 Å². The van der Waals surface area contributed by atoms with E-state index in [1.54, 1.807) is 0 Å². The van der Waals surface area contributed by atoms with Crippen molar-refractivity contribution in [2.24, 2.45) is 0 Å². The van der Waals surface area contributed by atoms with Crippen LogP contribution in [0.2, 0.25) is 0 Å². The van der Waals surface area contributed by atoms with Crippen LogP contribution in [0.5, 0.6) is 0 Å². The summed E-state index contributed by atoms with van der Waals surface area (Å²) in [5.41, 5.74) is 2.83. The van der Waals surface area contributed by atoms with Gasteiger partial charge in [0.2, 0.25) is 0 Å². The van der Waals surface area contributed by atoms with Crippen LogP contribution in [0.25, 0.3) is 0 Å². The van der Waals surface area contributed by atoms with Gasteiger partial charge in [-0.05, 0) is 56.6 Å². The van der Waals surface area contributed by atoms with E-state index in [2.05, 4.69) is 43.0 Å². The highest BCUT2D eigenvalue weighted by molar-refractivity contribution is 7.99. The third-order valence-electron chi connectivity index (χ3n) is 3.43. The molecule has 0 amide bonds. The van der Waals surface area contributed by atoms with Crippen LogP contribution in [0, 0.1) is 6.92 Å². The lowest BCUT2D eigenvalue weighted by Gasteiger charge is -2.29. The Labute approximate surface area is 110 Å². The van der Waals surface area contributed by atoms with Crippen molar-refractivity contribution in [3.8, 4) is 0 Å². The smallest absolute Gasteiger partial charge is 0.0369 e. The Morgan fingerprint density at radius 3 is 2.76 bits per heavy atom. The number of nitrogens with zero attached hydrogens (tertiary/aromatic N) is 1. The first-order valence-electron chi connectivity index (χ1n) is 6.57. The van der Waals surface area contributed by atoms with E-state index >= 15 is 0 Å². The minimum absolute atomic E-state index is 0.553. The van der Waals surface area contributed by atoms with Crippen LogP contribution in [0.3, 0.4) is 0 Å². The average molecular weight is 248 g/mol. The van der Waals surface area contributed by atoms with Gasteiger partial charge in [-0.3, -0.25) is 0 Å². The summed E-state index contributed by atoms with van der Waals surface area (Å²) in [6.07, 6.45) is 4.07. The molecule has 0 aliphatic carbocycles. The maximum Gasteiger partial charge on any atom is 0.0369 e. The van der Waals surface area contributed by atoms with Crippen molar-refractivity contribution >= 4 is 17.4 Å². The van der Waals surface area contributed by atoms with E-state index < -0.39 is 0 Å². The molecule has 17 heavy (non-hydrogen) atoms. The molecule has 1 atom stereocenters. The van der Waals surface area contributed by atoms with E-state index in [9.17, 15) is 0 Å². The summed E-state index contributed by atoms with van der Waals surface area (Å²) in [6.45, 7) is 8.63. The van der Waals surface area contributed by atoms with Crippen molar-refractivity contribution in [3.63, 3.8) is 0 Å². The predicted molar refractivity (Wildman–Crippen MR) is 78.7 cm³/mol. The zero-order valence-electron chi connectivity index (χ0n) is 10.7. The molecule has 1 fully saturated rings. The van der Waals surface area contributed by atoms with Crippen LogP contribution in [-0.4, -0.2) is 18.8 Å². The number of hydrogen-bond donors (Lipinski definition) is 0. The van der Waals surface area contributed by atoms with Gasteiger partial charge >= 0.3 is 0 Å². The summed E-state index contributed by atoms with van der Waals surface area (Å²) in [5, 5.41) is 0.553. The molecule has 1 aromatic carbocycles. The van der Waals surface area contributed by atoms with E-state index in [-0.39, 0.29) is 0 Å². The summed E-state index contributed by atoms with van der Waals surface area (Å²) in [6, 6.07) is 9.04. The second-order valence-corrected chi connectivity index (χ2v) is 6.10. The molecule has 1 radical (unpaired) electrons. The summed E-state index contributed by atoms with van der Waals surface area (Å²) < 4.78 is 0. The minimum atomic E-state index is 0.553. The summed E-state index contributed by atoms with van der Waals surface area (Å²) >= 11 is 1.91. The lowest BCUT2D eigenvalue weighted by molar-refractivity contribution is 0.577. The third kappa shape index (κ3) is 3.41. The number of rotatable bonds is 4. The fourth-order valence-corrected chi connectivity index (χ4v) is 3.09. The molecular formula is C15H22NS. The molecule has 0 bridgehead atoms. The number of piperidine rings is 1. The number of benzene rings is 1. The summed E-state index contributed by atoms with van der Waals surface area (Å²) in [5.74, 6) is 0.940. The summed E-state index contributed by atoms with van der Waals surface area (Å²) in [7, 11) is 0. The normalized spacial score (nSPS) is 18.1. The fourth-order valence-electron chi connectivity index (χ4n) is 2.40. The highest BCUT2D eigenvalue weighted by atomic mass is 32.2. The van der Waals surface area contributed by atoms with Crippen molar-refractivity contribution in [2.45, 2.75) is 31.4 Å². The largest absolute Gasteiger partial charge is 0.372 e. The fraction of sp³-hybridized carbons (Fsp3) is 0.533. The predicted octanol–water partition coefficient (Wildman–Crippen LogP) is 4.31. The van der Waals surface area contributed by atoms with Crippen LogP contribution in [0.1, 0.15) is 37.0 Å². The van der Waals surface area contributed by atoms with Gasteiger partial charge < -0.3 is 4.90 Å². The van der Waals surface area contributed by atoms with Gasteiger partial charge in [0, 0.05) is 24.0 Å². The second-order valence-electron chi connectivity index (χ2n) is 4.66. The SMILES string of the molecule is [CH2]CSC(C)c1cccc(N2CCCCC2)c1. The molecule has 0 N–H and O–H groups in total. The Morgan fingerprint density at radius 1 is 1.29 bits per heavy atom. The molecule has 0 aromatic heterocycles. The highest BCUT2D eigenvalue weighted by Gasteiger charge is 2.12. The Hall–Kier alpha value is -0.630. The molecule has 0 spiro atoms. The highest BCUT2D eigenvalue weighted by Crippen LogP contribution is 2.30. The minimum Gasteiger partial charge on any atom is -0.372 e. The van der Waals surface area contributed by atoms with Gasteiger partial charge in [-0.15, -0.1) is 0 Å². The van der Waals surface area contributed by atoms with Crippen LogP contribution < -0.4 is 4.90 Å². The van der Waals surface area contributed by atoms with E-state index in [0.29, 0.717) is 5.25 Å². The first-order valence-corrected chi connectivity index (χ1v) is 7.62. The van der Waals surface area contributed by atoms with Crippen LogP contribution >= 0.6 is 11.8 Å². The average Bonchev–Trinajstić information content (AvgIpc) is 2.40. The van der Waals surface area contributed by atoms with Crippen molar-refractivity contribution in [1.82, 2.24) is 0 Å². The third-order valence-corrected chi connectivity index (χ3v) is 4.44. The molecule has 93 valence electrons. The number of thioether (sulfide) groups is 1. The monoisotopic (exact) mass is 248 g/mol. The first kappa shape index (κ1) is 12.8. The van der Waals surface area contributed by atoms with E-state index in [1.807, 2.05) is 11.8 Å². The molecule has 2 rings (SSSR count). The van der Waals surface area contributed by atoms with Gasteiger partial charge in [-0.2, -0.15) is 11.8 Å². The van der Waals surface area contributed by atoms with Crippen molar-refractivity contribution < 1.29 is 0 Å². The van der Waals surface area contributed by atoms with Crippen molar-refractivity contribution in [3.05, 3.63) is 36.8 Å². The van der Waals surface area contributed by atoms with E-state index in [4.69, 9.17) is 0 Å². The maximum absolute atomic E-state index is 3.92. The van der Waals surface area contributed by atoms with Crippen LogP contribution in [0.15, 0.2) is 24.3 Å². The number of hydrogen-bond acceptors (Lipinski definition) is 2. The molecule has 1 unspecified atom stereocenters. The van der Waals surface area contributed by atoms with Crippen molar-refractivity contribution in [1.29, 1.82) is 0 Å². The lowest BCUT2D eigenvalue weighted by Crippen LogP contribution is -2.29. The van der Waals surface area contributed by atoms with Crippen LogP contribution in [0.4, 0.5) is 5.69 Å². The van der Waals surface area contributed by atoms with Crippen molar-refractivity contribution in [2.75, 3.05) is 23.7 Å². The molecular weight excluding hydrogens is 226 g/mol. The van der Waals surface area contributed by atoms with Gasteiger partial charge in [0.15, 0.2) is 0 Å². The molecule has 1 saturated heterocycles. The molecule has 1 heterocycles. The lowest BCUT2D eigenvalue weighted by atomic mass is 10.1. The zero-order chi connectivity index (χ0) is 12.1. The van der Waals surface area contributed by atoms with Crippen LogP contribution in [-0.2, 0) is 0 Å². The molecule has 1 nitrogen and oxygen atoms in total. The molecule has 1 aliphatic rings. The Kier molecular flexibility index (Phi) is 4.78. The van der Waals surface area contributed by atoms with Gasteiger partial charge in [0.25, 0.3) is 0 Å². The maximum atomic E-state index is 3.92. The molecule has 2 heteroatoms. The van der Waals surface area contributed by atoms with Gasteiger partial charge in [0.05, 0.1) is 0 Å².